The maximum atomic E-state index is 12.3. The SMILES string of the molecule is O=C1C2C3C=CC(C3)C2C(=O)N1C1CNC1. The van der Waals surface area contributed by atoms with Crippen LogP contribution >= 0.6 is 0 Å². The predicted molar refractivity (Wildman–Crippen MR) is 56.2 cm³/mol. The van der Waals surface area contributed by atoms with Crippen LogP contribution < -0.4 is 5.32 Å². The quantitative estimate of drug-likeness (QED) is 0.488. The number of imide groups is 1. The van der Waals surface area contributed by atoms with Crippen molar-refractivity contribution in [2.24, 2.45) is 23.7 Å². The average molecular weight is 218 g/mol. The molecule has 4 rings (SSSR count). The van der Waals surface area contributed by atoms with Crippen LogP contribution in [0.15, 0.2) is 12.2 Å². The zero-order valence-corrected chi connectivity index (χ0v) is 8.93. The summed E-state index contributed by atoms with van der Waals surface area (Å²) in [5.41, 5.74) is 0. The lowest BCUT2D eigenvalue weighted by Crippen LogP contribution is -2.59. The van der Waals surface area contributed by atoms with E-state index in [1.165, 1.54) is 0 Å². The summed E-state index contributed by atoms with van der Waals surface area (Å²) in [7, 11) is 0. The molecule has 2 saturated heterocycles. The number of carbonyl (C=O) groups excluding carboxylic acids is 2. The van der Waals surface area contributed by atoms with Gasteiger partial charge in [-0.25, -0.2) is 0 Å². The minimum atomic E-state index is -0.0249. The van der Waals surface area contributed by atoms with E-state index in [9.17, 15) is 9.59 Å². The molecule has 84 valence electrons. The summed E-state index contributed by atoms with van der Waals surface area (Å²) in [5, 5.41) is 3.12. The molecule has 4 nitrogen and oxygen atoms in total. The number of rotatable bonds is 1. The second-order valence-corrected chi connectivity index (χ2v) is 5.36. The van der Waals surface area contributed by atoms with E-state index >= 15 is 0 Å². The first-order valence-electron chi connectivity index (χ1n) is 6.03. The third-order valence-electron chi connectivity index (χ3n) is 4.63. The summed E-state index contributed by atoms with van der Waals surface area (Å²) in [6.45, 7) is 1.55. The number of carbonyl (C=O) groups is 2. The second kappa shape index (κ2) is 2.74. The van der Waals surface area contributed by atoms with E-state index in [0.29, 0.717) is 11.8 Å². The third kappa shape index (κ3) is 0.857. The minimum absolute atomic E-state index is 0.0249. The van der Waals surface area contributed by atoms with Crippen molar-refractivity contribution in [3.05, 3.63) is 12.2 Å². The van der Waals surface area contributed by atoms with Crippen LogP contribution in [0, 0.1) is 23.7 Å². The van der Waals surface area contributed by atoms with Crippen LogP contribution in [-0.2, 0) is 9.59 Å². The summed E-state index contributed by atoms with van der Waals surface area (Å²) in [6.07, 6.45) is 5.29. The monoisotopic (exact) mass is 218 g/mol. The molecule has 2 bridgehead atoms. The first kappa shape index (κ1) is 8.93. The molecule has 2 aliphatic heterocycles. The molecule has 4 heteroatoms. The summed E-state index contributed by atoms with van der Waals surface area (Å²) in [4.78, 5) is 26.1. The number of allylic oxidation sites excluding steroid dienone is 2. The lowest BCUT2D eigenvalue weighted by molar-refractivity contribution is -0.144. The van der Waals surface area contributed by atoms with E-state index in [0.717, 1.165) is 19.5 Å². The van der Waals surface area contributed by atoms with E-state index in [4.69, 9.17) is 0 Å². The number of fused-ring (bicyclic) bond motifs is 5. The van der Waals surface area contributed by atoms with E-state index in [1.54, 1.807) is 4.90 Å². The van der Waals surface area contributed by atoms with Crippen LogP contribution in [0.1, 0.15) is 6.42 Å². The first-order valence-corrected chi connectivity index (χ1v) is 6.03. The van der Waals surface area contributed by atoms with E-state index in [-0.39, 0.29) is 29.7 Å². The molecule has 4 unspecified atom stereocenters. The number of amides is 2. The van der Waals surface area contributed by atoms with Gasteiger partial charge in [0.2, 0.25) is 11.8 Å². The molecule has 0 aromatic carbocycles. The zero-order chi connectivity index (χ0) is 10.9. The van der Waals surface area contributed by atoms with Crippen LogP contribution in [0.2, 0.25) is 0 Å². The lowest BCUT2D eigenvalue weighted by Gasteiger charge is -2.34. The maximum absolute atomic E-state index is 12.3. The van der Waals surface area contributed by atoms with Crippen molar-refractivity contribution >= 4 is 11.8 Å². The summed E-state index contributed by atoms with van der Waals surface area (Å²) >= 11 is 0. The Labute approximate surface area is 93.7 Å². The van der Waals surface area contributed by atoms with Gasteiger partial charge in [-0.3, -0.25) is 14.5 Å². The molecule has 16 heavy (non-hydrogen) atoms. The molecule has 4 aliphatic rings. The molecule has 2 aliphatic carbocycles. The molecule has 0 spiro atoms. The van der Waals surface area contributed by atoms with Crippen LogP contribution in [0.5, 0.6) is 0 Å². The molecule has 0 aromatic heterocycles. The van der Waals surface area contributed by atoms with Crippen LogP contribution in [-0.4, -0.2) is 35.8 Å². The second-order valence-electron chi connectivity index (χ2n) is 5.36. The Bertz CT molecular complexity index is 383. The Morgan fingerprint density at radius 3 is 2.06 bits per heavy atom. The summed E-state index contributed by atoms with van der Waals surface area (Å²) in [5.74, 6) is 0.817. The van der Waals surface area contributed by atoms with Gasteiger partial charge in [-0.1, -0.05) is 12.2 Å². The molecule has 2 amide bonds. The maximum Gasteiger partial charge on any atom is 0.234 e. The number of likely N-dealkylation sites (tertiary alicyclic amines) is 1. The molecule has 2 heterocycles. The molecule has 0 radical (unpaired) electrons. The van der Waals surface area contributed by atoms with Crippen molar-refractivity contribution in [3.63, 3.8) is 0 Å². The summed E-state index contributed by atoms with van der Waals surface area (Å²) < 4.78 is 0. The fourth-order valence-corrected chi connectivity index (χ4v) is 3.74. The van der Waals surface area contributed by atoms with Crippen LogP contribution in [0.4, 0.5) is 0 Å². The Kier molecular flexibility index (Phi) is 1.53. The first-order chi connectivity index (χ1) is 7.77. The fourth-order valence-electron chi connectivity index (χ4n) is 3.74. The smallest absolute Gasteiger partial charge is 0.234 e. The number of nitrogens with zero attached hydrogens (tertiary/aromatic N) is 1. The molecule has 1 N–H and O–H groups in total. The Balaban J connectivity index is 1.71. The normalized spacial score (nSPS) is 45.4. The van der Waals surface area contributed by atoms with Gasteiger partial charge in [0.25, 0.3) is 0 Å². The minimum Gasteiger partial charge on any atom is -0.313 e. The number of hydrogen-bond acceptors (Lipinski definition) is 3. The third-order valence-corrected chi connectivity index (χ3v) is 4.63. The fraction of sp³-hybridized carbons (Fsp3) is 0.667. The van der Waals surface area contributed by atoms with E-state index < -0.39 is 0 Å². The Hall–Kier alpha value is -1.16. The van der Waals surface area contributed by atoms with Gasteiger partial charge in [-0.05, 0) is 18.3 Å². The topological polar surface area (TPSA) is 49.4 Å². The molecular weight excluding hydrogens is 204 g/mol. The van der Waals surface area contributed by atoms with Crippen molar-refractivity contribution in [2.45, 2.75) is 12.5 Å². The molecule has 1 saturated carbocycles. The van der Waals surface area contributed by atoms with Crippen molar-refractivity contribution in [2.75, 3.05) is 13.1 Å². The van der Waals surface area contributed by atoms with E-state index in [2.05, 4.69) is 17.5 Å². The average Bonchev–Trinajstić information content (AvgIpc) is 2.84. The van der Waals surface area contributed by atoms with Crippen molar-refractivity contribution in [1.29, 1.82) is 0 Å². The van der Waals surface area contributed by atoms with Crippen molar-refractivity contribution < 1.29 is 9.59 Å². The van der Waals surface area contributed by atoms with Gasteiger partial charge >= 0.3 is 0 Å². The zero-order valence-electron chi connectivity index (χ0n) is 8.93. The van der Waals surface area contributed by atoms with Crippen molar-refractivity contribution in [1.82, 2.24) is 10.2 Å². The predicted octanol–water partition coefficient (Wildman–Crippen LogP) is -0.235. The Morgan fingerprint density at radius 2 is 1.62 bits per heavy atom. The van der Waals surface area contributed by atoms with E-state index in [1.807, 2.05) is 0 Å². The number of hydrogen-bond donors (Lipinski definition) is 1. The highest BCUT2D eigenvalue weighted by atomic mass is 16.2. The molecular formula is C12H14N2O2. The molecule has 3 fully saturated rings. The summed E-state index contributed by atoms with van der Waals surface area (Å²) in [6, 6.07) is 0.130. The van der Waals surface area contributed by atoms with Crippen LogP contribution in [0.3, 0.4) is 0 Å². The highest BCUT2D eigenvalue weighted by Gasteiger charge is 2.60. The largest absolute Gasteiger partial charge is 0.313 e. The lowest BCUT2D eigenvalue weighted by atomic mass is 9.85. The van der Waals surface area contributed by atoms with Gasteiger partial charge in [0.15, 0.2) is 0 Å². The molecule has 0 aromatic rings. The Morgan fingerprint density at radius 1 is 1.06 bits per heavy atom. The van der Waals surface area contributed by atoms with Crippen molar-refractivity contribution in [3.8, 4) is 0 Å². The van der Waals surface area contributed by atoms with Gasteiger partial charge in [0.05, 0.1) is 17.9 Å². The van der Waals surface area contributed by atoms with Gasteiger partial charge in [0.1, 0.15) is 0 Å². The van der Waals surface area contributed by atoms with Gasteiger partial charge in [-0.2, -0.15) is 0 Å². The van der Waals surface area contributed by atoms with Crippen LogP contribution in [0.25, 0.3) is 0 Å². The van der Waals surface area contributed by atoms with Gasteiger partial charge < -0.3 is 5.32 Å². The highest BCUT2D eigenvalue weighted by molar-refractivity contribution is 6.06. The molecule has 4 atom stereocenters. The number of nitrogens with one attached hydrogen (secondary N) is 1. The highest BCUT2D eigenvalue weighted by Crippen LogP contribution is 2.52. The van der Waals surface area contributed by atoms with Gasteiger partial charge in [0, 0.05) is 13.1 Å². The standard InChI is InChI=1S/C12H14N2O2/c15-11-9-6-1-2-7(3-6)10(9)12(16)14(11)8-4-13-5-8/h1-2,6-10,13H,3-5H2. The van der Waals surface area contributed by atoms with Gasteiger partial charge in [-0.15, -0.1) is 0 Å².